The van der Waals surface area contributed by atoms with Crippen LogP contribution in [0.1, 0.15) is 6.42 Å². The normalized spacial score (nSPS) is 11.1. The van der Waals surface area contributed by atoms with Crippen molar-refractivity contribution >= 4 is 27.6 Å². The highest BCUT2D eigenvalue weighted by atomic mass is 15.1. The van der Waals surface area contributed by atoms with Crippen molar-refractivity contribution in [2.24, 2.45) is 0 Å². The van der Waals surface area contributed by atoms with E-state index < -0.39 is 0 Å². The molecule has 1 N–H and O–H groups in total. The maximum absolute atomic E-state index is 4.49. The zero-order valence-corrected chi connectivity index (χ0v) is 12.8. The summed E-state index contributed by atoms with van der Waals surface area (Å²) < 4.78 is 2.23. The van der Waals surface area contributed by atoms with Gasteiger partial charge in [-0.05, 0) is 24.6 Å². The van der Waals surface area contributed by atoms with Crippen LogP contribution in [0.25, 0.3) is 21.9 Å². The van der Waals surface area contributed by atoms with E-state index in [1.54, 1.807) is 0 Å². The fourth-order valence-electron chi connectivity index (χ4n) is 2.91. The van der Waals surface area contributed by atoms with E-state index in [9.17, 15) is 0 Å². The fourth-order valence-corrected chi connectivity index (χ4v) is 2.91. The second-order valence-corrected chi connectivity index (χ2v) is 5.59. The first-order valence-electron chi connectivity index (χ1n) is 7.89. The topological polar surface area (TPSA) is 42.7 Å². The molecule has 0 saturated heterocycles. The van der Waals surface area contributed by atoms with Gasteiger partial charge in [-0.3, -0.25) is 4.98 Å². The number of imidazole rings is 1. The van der Waals surface area contributed by atoms with Crippen molar-refractivity contribution in [1.29, 1.82) is 0 Å². The number of fused-ring (bicyclic) bond motifs is 3. The van der Waals surface area contributed by atoms with E-state index in [-0.39, 0.29) is 0 Å². The Hall–Kier alpha value is -2.88. The molecular formula is C19H18N4. The Balaban J connectivity index is 1.52. The molecule has 2 aromatic carbocycles. The number of anilines is 1. The molecule has 0 amide bonds. The Kier molecular flexibility index (Phi) is 3.64. The summed E-state index contributed by atoms with van der Waals surface area (Å²) in [7, 11) is 0. The van der Waals surface area contributed by atoms with Gasteiger partial charge in [-0.2, -0.15) is 0 Å². The number of pyridine rings is 1. The molecule has 0 saturated carbocycles. The van der Waals surface area contributed by atoms with E-state index in [2.05, 4.69) is 44.1 Å². The van der Waals surface area contributed by atoms with Crippen LogP contribution >= 0.6 is 0 Å². The first-order valence-corrected chi connectivity index (χ1v) is 7.89. The third-order valence-corrected chi connectivity index (χ3v) is 4.03. The zero-order chi connectivity index (χ0) is 15.5. The number of rotatable bonds is 5. The van der Waals surface area contributed by atoms with Crippen LogP contribution in [-0.4, -0.2) is 21.1 Å². The summed E-state index contributed by atoms with van der Waals surface area (Å²) in [4.78, 5) is 8.96. The molecule has 114 valence electrons. The summed E-state index contributed by atoms with van der Waals surface area (Å²) in [5.41, 5.74) is 4.32. The van der Waals surface area contributed by atoms with Crippen LogP contribution in [0.3, 0.4) is 0 Å². The third kappa shape index (κ3) is 2.75. The van der Waals surface area contributed by atoms with Crippen LogP contribution in [0, 0.1) is 0 Å². The molecule has 2 aromatic heterocycles. The average molecular weight is 302 g/mol. The molecule has 0 radical (unpaired) electrons. The minimum absolute atomic E-state index is 0.935. The molecule has 2 heterocycles. The number of hydrogen-bond acceptors (Lipinski definition) is 3. The first kappa shape index (κ1) is 13.8. The van der Waals surface area contributed by atoms with Gasteiger partial charge in [-0.25, -0.2) is 4.98 Å². The number of hydrogen-bond donors (Lipinski definition) is 1. The molecule has 23 heavy (non-hydrogen) atoms. The van der Waals surface area contributed by atoms with Gasteiger partial charge in [-0.15, -0.1) is 0 Å². The van der Waals surface area contributed by atoms with Crippen LogP contribution in [0.4, 0.5) is 5.69 Å². The maximum atomic E-state index is 4.49. The number of nitrogens with one attached hydrogen (secondary N) is 1. The molecule has 0 atom stereocenters. The van der Waals surface area contributed by atoms with E-state index in [1.807, 2.05) is 42.9 Å². The van der Waals surface area contributed by atoms with Crippen LogP contribution in [0.2, 0.25) is 0 Å². The smallest absolute Gasteiger partial charge is 0.107 e. The van der Waals surface area contributed by atoms with Gasteiger partial charge < -0.3 is 9.88 Å². The molecule has 0 aliphatic rings. The number of aryl methyl sites for hydroxylation is 1. The molecule has 4 aromatic rings. The molecule has 0 spiro atoms. The summed E-state index contributed by atoms with van der Waals surface area (Å²) in [5.74, 6) is 0. The van der Waals surface area contributed by atoms with Gasteiger partial charge in [0.2, 0.25) is 0 Å². The lowest BCUT2D eigenvalue weighted by Gasteiger charge is -2.08. The summed E-state index contributed by atoms with van der Waals surface area (Å²) >= 11 is 0. The van der Waals surface area contributed by atoms with Crippen LogP contribution in [0.5, 0.6) is 0 Å². The molecule has 0 aliphatic heterocycles. The van der Waals surface area contributed by atoms with Crippen molar-refractivity contribution < 1.29 is 0 Å². The van der Waals surface area contributed by atoms with E-state index in [1.165, 1.54) is 10.9 Å². The van der Waals surface area contributed by atoms with Crippen molar-refractivity contribution in [3.8, 4) is 0 Å². The van der Waals surface area contributed by atoms with Crippen LogP contribution in [-0.2, 0) is 6.54 Å². The molecule has 4 nitrogen and oxygen atoms in total. The van der Waals surface area contributed by atoms with Crippen molar-refractivity contribution in [1.82, 2.24) is 14.5 Å². The predicted molar refractivity (Wildman–Crippen MR) is 94.6 cm³/mol. The van der Waals surface area contributed by atoms with E-state index in [0.717, 1.165) is 36.2 Å². The summed E-state index contributed by atoms with van der Waals surface area (Å²) in [6.45, 7) is 1.87. The first-order chi connectivity index (χ1) is 11.4. The molecule has 4 rings (SSSR count). The second kappa shape index (κ2) is 6.08. The Morgan fingerprint density at radius 3 is 2.61 bits per heavy atom. The van der Waals surface area contributed by atoms with Gasteiger partial charge in [-0.1, -0.05) is 36.4 Å². The SMILES string of the molecule is c1ccc(NCCCn2cnc3cnc4ccccc4c32)cc1. The van der Waals surface area contributed by atoms with Crippen molar-refractivity contribution in [3.05, 3.63) is 67.1 Å². The minimum atomic E-state index is 0.935. The van der Waals surface area contributed by atoms with Gasteiger partial charge >= 0.3 is 0 Å². The lowest BCUT2D eigenvalue weighted by atomic mass is 10.2. The minimum Gasteiger partial charge on any atom is -0.385 e. The highest BCUT2D eigenvalue weighted by molar-refractivity contribution is 6.01. The average Bonchev–Trinajstić information content (AvgIpc) is 3.03. The Labute approximate surface area is 134 Å². The van der Waals surface area contributed by atoms with Crippen LogP contribution in [0.15, 0.2) is 67.1 Å². The van der Waals surface area contributed by atoms with Gasteiger partial charge in [0.05, 0.1) is 23.6 Å². The molecule has 0 unspecified atom stereocenters. The summed E-state index contributed by atoms with van der Waals surface area (Å²) in [6.07, 6.45) is 4.81. The maximum Gasteiger partial charge on any atom is 0.107 e. The summed E-state index contributed by atoms with van der Waals surface area (Å²) in [5, 5.41) is 4.61. The number of nitrogens with zero attached hydrogens (tertiary/aromatic N) is 3. The third-order valence-electron chi connectivity index (χ3n) is 4.03. The van der Waals surface area contributed by atoms with E-state index >= 15 is 0 Å². The van der Waals surface area contributed by atoms with Gasteiger partial charge in [0, 0.05) is 24.2 Å². The predicted octanol–water partition coefficient (Wildman–Crippen LogP) is 4.09. The molecular weight excluding hydrogens is 284 g/mol. The Morgan fingerprint density at radius 1 is 0.870 bits per heavy atom. The zero-order valence-electron chi connectivity index (χ0n) is 12.8. The highest BCUT2D eigenvalue weighted by Crippen LogP contribution is 2.22. The number of para-hydroxylation sites is 2. The monoisotopic (exact) mass is 302 g/mol. The molecule has 4 heteroatoms. The Morgan fingerprint density at radius 2 is 1.70 bits per heavy atom. The standard InChI is InChI=1S/C19H18N4/c1-2-7-15(8-3-1)20-11-6-12-23-14-22-18-13-21-17-10-5-4-9-16(17)19(18)23/h1-5,7-10,13-14,20H,6,11-12H2. The van der Waals surface area contributed by atoms with Crippen LogP contribution < -0.4 is 5.32 Å². The number of aromatic nitrogens is 3. The number of benzene rings is 2. The quantitative estimate of drug-likeness (QED) is 0.565. The second-order valence-electron chi connectivity index (χ2n) is 5.59. The fraction of sp³-hybridized carbons (Fsp3) is 0.158. The lowest BCUT2D eigenvalue weighted by molar-refractivity contribution is 0.679. The highest BCUT2D eigenvalue weighted by Gasteiger charge is 2.07. The van der Waals surface area contributed by atoms with Gasteiger partial charge in [0.25, 0.3) is 0 Å². The van der Waals surface area contributed by atoms with Crippen molar-refractivity contribution in [3.63, 3.8) is 0 Å². The van der Waals surface area contributed by atoms with Gasteiger partial charge in [0.15, 0.2) is 0 Å². The largest absolute Gasteiger partial charge is 0.385 e. The van der Waals surface area contributed by atoms with Crippen molar-refractivity contribution in [2.75, 3.05) is 11.9 Å². The molecule has 0 aliphatic carbocycles. The summed E-state index contributed by atoms with van der Waals surface area (Å²) in [6, 6.07) is 18.5. The van der Waals surface area contributed by atoms with Crippen molar-refractivity contribution in [2.45, 2.75) is 13.0 Å². The van der Waals surface area contributed by atoms with Gasteiger partial charge in [0.1, 0.15) is 5.52 Å². The lowest BCUT2D eigenvalue weighted by Crippen LogP contribution is -2.06. The molecule has 0 fully saturated rings. The van der Waals surface area contributed by atoms with E-state index in [0.29, 0.717) is 0 Å². The van der Waals surface area contributed by atoms with E-state index in [4.69, 9.17) is 0 Å². The molecule has 0 bridgehead atoms. The Bertz CT molecular complexity index is 928.